The molecule has 156 valence electrons. The largest absolute Gasteiger partial charge is 0.492 e. The number of fused-ring (bicyclic) bond motifs is 2. The lowest BCUT2D eigenvalue weighted by Gasteiger charge is -2.45. The molecule has 2 bridgehead atoms. The van der Waals surface area contributed by atoms with Crippen molar-refractivity contribution in [1.29, 1.82) is 0 Å². The summed E-state index contributed by atoms with van der Waals surface area (Å²) < 4.78 is 5.72. The summed E-state index contributed by atoms with van der Waals surface area (Å²) in [7, 11) is 0. The highest BCUT2D eigenvalue weighted by Crippen LogP contribution is 2.48. The Morgan fingerprint density at radius 2 is 2.11 bits per heavy atom. The first kappa shape index (κ1) is 21.4. The molecule has 1 aromatic carbocycles. The summed E-state index contributed by atoms with van der Waals surface area (Å²) in [6.07, 6.45) is 8.98. The van der Waals surface area contributed by atoms with E-state index in [-0.39, 0.29) is 24.0 Å². The first-order valence-electron chi connectivity index (χ1n) is 10.6. The van der Waals surface area contributed by atoms with Gasteiger partial charge in [-0.1, -0.05) is 37.3 Å². The van der Waals surface area contributed by atoms with Gasteiger partial charge in [0.1, 0.15) is 12.4 Å². The van der Waals surface area contributed by atoms with Crippen LogP contribution in [-0.2, 0) is 0 Å². The molecule has 0 aliphatic heterocycles. The molecule has 3 rings (SSSR count). The number of benzene rings is 1. The molecule has 0 spiro atoms. The number of hydrogen-bond acceptors (Lipinski definition) is 4. The van der Waals surface area contributed by atoms with Gasteiger partial charge >= 0.3 is 0 Å². The molecule has 0 aromatic heterocycles. The molecule has 3 N–H and O–H groups in total. The predicted molar refractivity (Wildman–Crippen MR) is 112 cm³/mol. The van der Waals surface area contributed by atoms with Crippen LogP contribution in [0.25, 0.3) is 0 Å². The Balaban J connectivity index is 1.54. The maximum atomic E-state index is 12.8. The van der Waals surface area contributed by atoms with Gasteiger partial charge in [0.2, 0.25) is 0 Å². The molecule has 2 aliphatic rings. The second-order valence-corrected chi connectivity index (χ2v) is 8.97. The number of halogens is 1. The third-order valence-electron chi connectivity index (χ3n) is 6.30. The van der Waals surface area contributed by atoms with E-state index in [1.54, 1.807) is 18.2 Å². The van der Waals surface area contributed by atoms with E-state index < -0.39 is 0 Å². The number of carbonyl (C=O) groups is 1. The van der Waals surface area contributed by atoms with Crippen molar-refractivity contribution in [3.63, 3.8) is 0 Å². The standard InChI is InChI=1S/C22H33ClN2O3/c1-16(14-26)24-10-11-28-18-6-7-20(23)19(12-18)21(27)25-15-22-8-2-4-17(13-22)5-3-9-22/h6-7,12,16-17,24,26H,2-5,8-11,13-15H2,1H3,(H,25,27). The first-order chi connectivity index (χ1) is 13.5. The van der Waals surface area contributed by atoms with Crippen molar-refractivity contribution in [3.8, 4) is 5.75 Å². The Labute approximate surface area is 173 Å². The van der Waals surface area contributed by atoms with Crippen molar-refractivity contribution >= 4 is 17.5 Å². The Morgan fingerprint density at radius 3 is 2.82 bits per heavy atom. The molecule has 2 aliphatic carbocycles. The van der Waals surface area contributed by atoms with Crippen LogP contribution in [0.5, 0.6) is 5.75 Å². The van der Waals surface area contributed by atoms with Crippen LogP contribution in [0.4, 0.5) is 0 Å². The summed E-state index contributed by atoms with van der Waals surface area (Å²) in [4.78, 5) is 12.8. The van der Waals surface area contributed by atoms with Crippen molar-refractivity contribution < 1.29 is 14.6 Å². The molecule has 2 saturated carbocycles. The van der Waals surface area contributed by atoms with Crippen molar-refractivity contribution in [2.75, 3.05) is 26.3 Å². The summed E-state index contributed by atoms with van der Waals surface area (Å²) in [5, 5.41) is 15.8. The van der Waals surface area contributed by atoms with Crippen LogP contribution in [-0.4, -0.2) is 43.4 Å². The molecule has 1 amide bonds. The van der Waals surface area contributed by atoms with Crippen LogP contribution in [0.1, 0.15) is 62.2 Å². The van der Waals surface area contributed by atoms with Gasteiger partial charge < -0.3 is 20.5 Å². The van der Waals surface area contributed by atoms with Gasteiger partial charge in [0.05, 0.1) is 17.2 Å². The highest BCUT2D eigenvalue weighted by Gasteiger charge is 2.39. The molecule has 1 aromatic rings. The SMILES string of the molecule is CC(CO)NCCOc1ccc(Cl)c(C(=O)NCC23CCCC(CCC2)C3)c1. The lowest BCUT2D eigenvalue weighted by atomic mass is 9.62. The fraction of sp³-hybridized carbons (Fsp3) is 0.682. The molecule has 2 fully saturated rings. The second kappa shape index (κ2) is 9.95. The van der Waals surface area contributed by atoms with Crippen LogP contribution in [0.2, 0.25) is 5.02 Å². The summed E-state index contributed by atoms with van der Waals surface area (Å²) in [6.45, 7) is 3.82. The van der Waals surface area contributed by atoms with E-state index >= 15 is 0 Å². The third kappa shape index (κ3) is 5.62. The van der Waals surface area contributed by atoms with E-state index in [0.29, 0.717) is 29.5 Å². The lowest BCUT2D eigenvalue weighted by Crippen LogP contribution is -2.43. The van der Waals surface area contributed by atoms with Crippen LogP contribution in [0.3, 0.4) is 0 Å². The number of rotatable bonds is 9. The van der Waals surface area contributed by atoms with Crippen molar-refractivity contribution in [1.82, 2.24) is 10.6 Å². The zero-order chi connectivity index (χ0) is 20.0. The molecular formula is C22H33ClN2O3. The van der Waals surface area contributed by atoms with Crippen LogP contribution in [0, 0.1) is 11.3 Å². The first-order valence-corrected chi connectivity index (χ1v) is 10.9. The van der Waals surface area contributed by atoms with Gasteiger partial charge in [-0.2, -0.15) is 0 Å². The molecule has 5 nitrogen and oxygen atoms in total. The quantitative estimate of drug-likeness (QED) is 0.544. The monoisotopic (exact) mass is 408 g/mol. The van der Waals surface area contributed by atoms with E-state index in [1.165, 1.54) is 44.9 Å². The van der Waals surface area contributed by atoms with Gasteiger partial charge in [0.25, 0.3) is 5.91 Å². The average Bonchev–Trinajstić information content (AvgIpc) is 2.70. The minimum absolute atomic E-state index is 0.0358. The lowest BCUT2D eigenvalue weighted by molar-refractivity contribution is 0.0681. The van der Waals surface area contributed by atoms with E-state index in [1.807, 2.05) is 6.92 Å². The highest BCUT2D eigenvalue weighted by molar-refractivity contribution is 6.33. The summed E-state index contributed by atoms with van der Waals surface area (Å²) >= 11 is 6.28. The maximum Gasteiger partial charge on any atom is 0.252 e. The third-order valence-corrected chi connectivity index (χ3v) is 6.63. The number of nitrogens with one attached hydrogen (secondary N) is 2. The summed E-state index contributed by atoms with van der Waals surface area (Å²) in [5.74, 6) is 1.35. The Hall–Kier alpha value is -1.30. The zero-order valence-corrected chi connectivity index (χ0v) is 17.6. The van der Waals surface area contributed by atoms with Crippen LogP contribution >= 0.6 is 11.6 Å². The molecule has 0 saturated heterocycles. The molecule has 0 radical (unpaired) electrons. The fourth-order valence-corrected chi connectivity index (χ4v) is 4.94. The van der Waals surface area contributed by atoms with Crippen molar-refractivity contribution in [3.05, 3.63) is 28.8 Å². The number of ether oxygens (including phenoxy) is 1. The number of aliphatic hydroxyl groups is 1. The van der Waals surface area contributed by atoms with Crippen LogP contribution in [0.15, 0.2) is 18.2 Å². The van der Waals surface area contributed by atoms with Gasteiger partial charge in [0, 0.05) is 19.1 Å². The van der Waals surface area contributed by atoms with Crippen molar-refractivity contribution in [2.24, 2.45) is 11.3 Å². The van der Waals surface area contributed by atoms with Crippen molar-refractivity contribution in [2.45, 2.75) is 57.9 Å². The van der Waals surface area contributed by atoms with Gasteiger partial charge in [-0.25, -0.2) is 0 Å². The van der Waals surface area contributed by atoms with E-state index in [9.17, 15) is 4.79 Å². The zero-order valence-electron chi connectivity index (χ0n) is 16.8. The number of amides is 1. The molecule has 0 heterocycles. The van der Waals surface area contributed by atoms with E-state index in [4.69, 9.17) is 21.4 Å². The second-order valence-electron chi connectivity index (χ2n) is 8.57. The topological polar surface area (TPSA) is 70.6 Å². The van der Waals surface area contributed by atoms with E-state index in [0.717, 1.165) is 12.5 Å². The maximum absolute atomic E-state index is 12.8. The summed E-state index contributed by atoms with van der Waals surface area (Å²) in [5.41, 5.74) is 0.752. The minimum Gasteiger partial charge on any atom is -0.492 e. The summed E-state index contributed by atoms with van der Waals surface area (Å²) in [6, 6.07) is 5.24. The number of carbonyl (C=O) groups excluding carboxylic acids is 1. The van der Waals surface area contributed by atoms with Gasteiger partial charge in [-0.3, -0.25) is 4.79 Å². The molecular weight excluding hydrogens is 376 g/mol. The van der Waals surface area contributed by atoms with E-state index in [2.05, 4.69) is 10.6 Å². The molecule has 1 atom stereocenters. The average molecular weight is 409 g/mol. The molecule has 1 unspecified atom stereocenters. The van der Waals surface area contributed by atoms with Gasteiger partial charge in [0.15, 0.2) is 0 Å². The Bertz CT molecular complexity index is 657. The number of aliphatic hydroxyl groups excluding tert-OH is 1. The van der Waals surface area contributed by atoms with Gasteiger partial charge in [-0.15, -0.1) is 0 Å². The Morgan fingerprint density at radius 1 is 1.36 bits per heavy atom. The smallest absolute Gasteiger partial charge is 0.252 e. The number of hydrogen-bond donors (Lipinski definition) is 3. The highest BCUT2D eigenvalue weighted by atomic mass is 35.5. The minimum atomic E-state index is -0.121. The Kier molecular flexibility index (Phi) is 7.61. The molecule has 28 heavy (non-hydrogen) atoms. The van der Waals surface area contributed by atoms with Gasteiger partial charge in [-0.05, 0) is 55.7 Å². The van der Waals surface area contributed by atoms with Crippen LogP contribution < -0.4 is 15.4 Å². The molecule has 6 heteroatoms. The normalized spacial score (nSPS) is 25.2. The predicted octanol–water partition coefficient (Wildman–Crippen LogP) is 3.78. The fourth-order valence-electron chi connectivity index (χ4n) is 4.74.